The van der Waals surface area contributed by atoms with Crippen molar-refractivity contribution in [2.75, 3.05) is 13.1 Å². The molecule has 4 atom stereocenters. The third kappa shape index (κ3) is 4.98. The van der Waals surface area contributed by atoms with Crippen LogP contribution >= 0.6 is 0 Å². The number of carbonyl (C=O) groups excluding carboxylic acids is 4. The minimum absolute atomic E-state index is 0.0990. The lowest BCUT2D eigenvalue weighted by atomic mass is 9.76. The molecule has 10 heteroatoms. The highest BCUT2D eigenvalue weighted by Crippen LogP contribution is 2.56. The summed E-state index contributed by atoms with van der Waals surface area (Å²) in [6, 6.07) is 0. The zero-order chi connectivity index (χ0) is 17.9. The molecule has 124 valence electrons. The summed E-state index contributed by atoms with van der Waals surface area (Å²) in [5, 5.41) is 31.5. The first kappa shape index (κ1) is 20.4. The van der Waals surface area contributed by atoms with Crippen molar-refractivity contribution in [3.8, 4) is 0 Å². The van der Waals surface area contributed by atoms with Crippen LogP contribution in [0.5, 0.6) is 0 Å². The van der Waals surface area contributed by atoms with Crippen LogP contribution in [0.4, 0.5) is 0 Å². The predicted octanol–water partition coefficient (Wildman–Crippen LogP) is -0.648. The van der Waals surface area contributed by atoms with Crippen molar-refractivity contribution in [2.45, 2.75) is 30.5 Å². The number of rotatable bonds is 4. The Hall–Kier alpha value is -2.56. The molecule has 2 fully saturated rings. The molecule has 10 nitrogen and oxygen atoms in total. The summed E-state index contributed by atoms with van der Waals surface area (Å²) in [5.74, 6) is 0.214. The van der Waals surface area contributed by atoms with Gasteiger partial charge in [0.2, 0.25) is 24.3 Å². The van der Waals surface area contributed by atoms with Crippen LogP contribution in [0.15, 0.2) is 9.98 Å². The molecule has 23 heavy (non-hydrogen) atoms. The number of aliphatic hydroxyl groups is 2. The van der Waals surface area contributed by atoms with Gasteiger partial charge in [-0.3, -0.25) is 0 Å². The molecule has 0 saturated heterocycles. The summed E-state index contributed by atoms with van der Waals surface area (Å²) in [6.07, 6.45) is 5.59. The molecular weight excluding hydrogens is 308 g/mol. The van der Waals surface area contributed by atoms with E-state index in [0.717, 1.165) is 12.2 Å². The van der Waals surface area contributed by atoms with Crippen molar-refractivity contribution in [2.24, 2.45) is 21.8 Å². The van der Waals surface area contributed by atoms with E-state index in [1.807, 2.05) is 0 Å². The fourth-order valence-corrected chi connectivity index (χ4v) is 3.27. The normalized spacial score (nSPS) is 32.4. The summed E-state index contributed by atoms with van der Waals surface area (Å²) in [5.41, 5.74) is -2.56. The maximum absolute atomic E-state index is 10.4. The van der Waals surface area contributed by atoms with Crippen LogP contribution in [0, 0.1) is 22.7 Å². The van der Waals surface area contributed by atoms with Gasteiger partial charge in [0.05, 0.1) is 18.7 Å². The highest BCUT2D eigenvalue weighted by Gasteiger charge is 2.63. The van der Waals surface area contributed by atoms with E-state index in [0.29, 0.717) is 25.8 Å². The second-order valence-corrected chi connectivity index (χ2v) is 5.24. The summed E-state index contributed by atoms with van der Waals surface area (Å²) in [6.45, 7) is 0.219. The number of hydrogen-bond acceptors (Lipinski definition) is 10. The third-order valence-electron chi connectivity index (χ3n) is 4.13. The zero-order valence-electron chi connectivity index (χ0n) is 12.1. The topological polar surface area (TPSA) is 181 Å². The quantitative estimate of drug-likeness (QED) is 0.393. The zero-order valence-corrected chi connectivity index (χ0v) is 12.1. The molecule has 0 spiro atoms. The lowest BCUT2D eigenvalue weighted by Crippen LogP contribution is -2.53. The molecule has 0 heterocycles. The van der Waals surface area contributed by atoms with Gasteiger partial charge in [0.25, 0.3) is 0 Å². The Morgan fingerprint density at radius 1 is 0.957 bits per heavy atom. The van der Waals surface area contributed by atoms with Crippen LogP contribution in [-0.4, -0.2) is 58.8 Å². The summed E-state index contributed by atoms with van der Waals surface area (Å²) >= 11 is 0. The van der Waals surface area contributed by atoms with Gasteiger partial charge in [-0.05, 0) is 31.1 Å². The number of nitrogens with zero attached hydrogens (tertiary/aromatic N) is 2. The average molecular weight is 324 g/mol. The lowest BCUT2D eigenvalue weighted by Gasteiger charge is -2.39. The monoisotopic (exact) mass is 324 g/mol. The molecule has 0 aliphatic heterocycles. The fraction of sp³-hybridized carbons (Fsp3) is 0.692. The molecule has 0 aromatic rings. The molecule has 0 aromatic heterocycles. The third-order valence-corrected chi connectivity index (χ3v) is 4.13. The minimum Gasteiger partial charge on any atom is -0.387 e. The van der Waals surface area contributed by atoms with E-state index < -0.39 is 11.2 Å². The number of aliphatic imine (C=N–C) groups is 2. The first-order valence-corrected chi connectivity index (χ1v) is 6.47. The molecule has 2 aliphatic rings. The van der Waals surface area contributed by atoms with Gasteiger partial charge in [-0.2, -0.15) is 0 Å². The van der Waals surface area contributed by atoms with Gasteiger partial charge < -0.3 is 10.2 Å². The molecule has 2 rings (SSSR count). The van der Waals surface area contributed by atoms with Gasteiger partial charge in [-0.15, -0.1) is 0 Å². The number of isocyanates is 4. The van der Waals surface area contributed by atoms with Crippen LogP contribution in [-0.2, 0) is 19.2 Å². The second-order valence-electron chi connectivity index (χ2n) is 5.24. The van der Waals surface area contributed by atoms with E-state index in [1.165, 1.54) is 12.2 Å². The largest absolute Gasteiger partial charge is 0.387 e. The molecule has 0 aromatic carbocycles. The lowest BCUT2D eigenvalue weighted by molar-refractivity contribution is -0.136. The van der Waals surface area contributed by atoms with Crippen molar-refractivity contribution >= 4 is 24.3 Å². The van der Waals surface area contributed by atoms with Gasteiger partial charge in [-0.1, -0.05) is 0 Å². The van der Waals surface area contributed by atoms with Crippen molar-refractivity contribution in [1.82, 2.24) is 0 Å². The average Bonchev–Trinajstić information content (AvgIpc) is 2.94. The molecular formula is C13H16N4O6. The highest BCUT2D eigenvalue weighted by atomic mass is 16.4. The molecule has 2 bridgehead atoms. The van der Waals surface area contributed by atoms with Crippen LogP contribution in [0.3, 0.4) is 0 Å². The Kier molecular flexibility index (Phi) is 8.40. The SMILES string of the molecule is N=C=O.N=C=O.O=C=NCC1CC2(O)CC1CC2(O)CN=C=O. The van der Waals surface area contributed by atoms with Crippen molar-refractivity contribution in [3.05, 3.63) is 0 Å². The molecule has 2 saturated carbocycles. The molecule has 4 N–H and O–H groups in total. The van der Waals surface area contributed by atoms with Crippen LogP contribution in [0.2, 0.25) is 0 Å². The van der Waals surface area contributed by atoms with Crippen molar-refractivity contribution in [3.63, 3.8) is 0 Å². The second kappa shape index (κ2) is 9.46. The summed E-state index contributed by atoms with van der Waals surface area (Å²) < 4.78 is 0. The first-order valence-electron chi connectivity index (χ1n) is 6.47. The van der Waals surface area contributed by atoms with Crippen molar-refractivity contribution in [1.29, 1.82) is 10.8 Å². The Bertz CT molecular complexity index is 559. The predicted molar refractivity (Wildman–Crippen MR) is 73.5 cm³/mol. The molecule has 0 radical (unpaired) electrons. The standard InChI is InChI=1S/C11H14N2O4.2CHNO/c14-6-12-4-9-3-10(16)1-8(9)2-11(10,17)5-13-7-15;2*2-1-3/h8-9,16-17H,1-5H2;2*2H. The van der Waals surface area contributed by atoms with E-state index in [-0.39, 0.29) is 18.4 Å². The molecule has 0 amide bonds. The highest BCUT2D eigenvalue weighted by molar-refractivity contribution is 5.34. The van der Waals surface area contributed by atoms with E-state index in [4.69, 9.17) is 20.4 Å². The minimum atomic E-state index is -1.34. The maximum Gasteiger partial charge on any atom is 0.235 e. The number of hydrogen-bond donors (Lipinski definition) is 4. The summed E-state index contributed by atoms with van der Waals surface area (Å²) in [4.78, 5) is 43.7. The van der Waals surface area contributed by atoms with E-state index >= 15 is 0 Å². The fourth-order valence-electron chi connectivity index (χ4n) is 3.27. The van der Waals surface area contributed by atoms with Crippen LogP contribution < -0.4 is 0 Å². The Morgan fingerprint density at radius 3 is 1.87 bits per heavy atom. The Labute approximate surface area is 131 Å². The molecule has 2 aliphatic carbocycles. The van der Waals surface area contributed by atoms with Gasteiger partial charge in [0, 0.05) is 0 Å². The van der Waals surface area contributed by atoms with Crippen molar-refractivity contribution < 1.29 is 29.4 Å². The summed E-state index contributed by atoms with van der Waals surface area (Å²) in [7, 11) is 0. The Morgan fingerprint density at radius 2 is 1.48 bits per heavy atom. The van der Waals surface area contributed by atoms with E-state index in [9.17, 15) is 19.8 Å². The van der Waals surface area contributed by atoms with Crippen LogP contribution in [0.1, 0.15) is 19.3 Å². The van der Waals surface area contributed by atoms with Gasteiger partial charge in [0.1, 0.15) is 5.60 Å². The molecule has 4 unspecified atom stereocenters. The van der Waals surface area contributed by atoms with E-state index in [2.05, 4.69) is 9.98 Å². The number of nitrogens with one attached hydrogen (secondary N) is 2. The van der Waals surface area contributed by atoms with Gasteiger partial charge >= 0.3 is 0 Å². The van der Waals surface area contributed by atoms with Gasteiger partial charge in [-0.25, -0.2) is 40.0 Å². The van der Waals surface area contributed by atoms with Crippen LogP contribution in [0.25, 0.3) is 0 Å². The maximum atomic E-state index is 10.4. The first-order chi connectivity index (χ1) is 10.9. The number of fused-ring (bicyclic) bond motifs is 2. The van der Waals surface area contributed by atoms with Gasteiger partial charge in [0.15, 0.2) is 0 Å². The Balaban J connectivity index is 0.000000704. The smallest absolute Gasteiger partial charge is 0.235 e. The van der Waals surface area contributed by atoms with E-state index in [1.54, 1.807) is 0 Å².